The van der Waals surface area contributed by atoms with Gasteiger partial charge >= 0.3 is 0 Å². The van der Waals surface area contributed by atoms with Crippen LogP contribution in [0.4, 0.5) is 5.69 Å². The zero-order valence-electron chi connectivity index (χ0n) is 11.5. The molecule has 0 saturated carbocycles. The maximum absolute atomic E-state index is 6.00. The topological polar surface area (TPSA) is 30.5 Å². The minimum absolute atomic E-state index is 0.139. The summed E-state index contributed by atoms with van der Waals surface area (Å²) in [5.74, 6) is 1.25. The van der Waals surface area contributed by atoms with E-state index in [-0.39, 0.29) is 12.3 Å². The molecule has 0 spiro atoms. The summed E-state index contributed by atoms with van der Waals surface area (Å²) >= 11 is 3.56. The Bertz CT molecular complexity index is 646. The predicted octanol–water partition coefficient (Wildman–Crippen LogP) is 4.36. The highest BCUT2D eigenvalue weighted by Gasteiger charge is 2.42. The van der Waals surface area contributed by atoms with Crippen LogP contribution in [0.15, 0.2) is 53.0 Å². The first-order valence-electron chi connectivity index (χ1n) is 7.20. The number of hydrogen-bond donors (Lipinski definition) is 1. The predicted molar refractivity (Wildman–Crippen MR) is 85.4 cm³/mol. The molecule has 0 aliphatic carbocycles. The Morgan fingerprint density at radius 1 is 1.10 bits per heavy atom. The lowest BCUT2D eigenvalue weighted by Crippen LogP contribution is -2.36. The zero-order valence-corrected chi connectivity index (χ0v) is 13.0. The van der Waals surface area contributed by atoms with Gasteiger partial charge in [0, 0.05) is 21.6 Å². The molecule has 21 heavy (non-hydrogen) atoms. The fourth-order valence-electron chi connectivity index (χ4n) is 3.15. The van der Waals surface area contributed by atoms with Crippen molar-refractivity contribution in [2.45, 2.75) is 18.8 Å². The number of ether oxygens (including phenoxy) is 2. The lowest BCUT2D eigenvalue weighted by atomic mass is 9.88. The number of nitrogens with one attached hydrogen (secondary N) is 1. The van der Waals surface area contributed by atoms with E-state index in [2.05, 4.69) is 39.4 Å². The molecule has 0 unspecified atom stereocenters. The molecular formula is C17H16BrNO2. The standard InChI is InChI=1S/C17H16BrNO2/c18-11-6-7-15-14(10-11)16(13-8-9-20-17(13)21-15)19-12-4-2-1-3-5-12/h1-7,10,13,16-17,19H,8-9H2/t13-,16+,17+/m1/s1. The fraction of sp³-hybridized carbons (Fsp3) is 0.294. The van der Waals surface area contributed by atoms with Crippen molar-refractivity contribution in [2.75, 3.05) is 11.9 Å². The Hall–Kier alpha value is -1.52. The van der Waals surface area contributed by atoms with Crippen LogP contribution in [0.2, 0.25) is 0 Å². The van der Waals surface area contributed by atoms with Gasteiger partial charge in [0.15, 0.2) is 0 Å². The summed E-state index contributed by atoms with van der Waals surface area (Å²) in [6.45, 7) is 0.761. The Morgan fingerprint density at radius 2 is 1.95 bits per heavy atom. The summed E-state index contributed by atoms with van der Waals surface area (Å²) in [7, 11) is 0. The molecule has 3 nitrogen and oxygen atoms in total. The first-order chi connectivity index (χ1) is 10.3. The number of hydrogen-bond acceptors (Lipinski definition) is 3. The van der Waals surface area contributed by atoms with Gasteiger partial charge in [-0.2, -0.15) is 0 Å². The van der Waals surface area contributed by atoms with Crippen LogP contribution in [0.3, 0.4) is 0 Å². The van der Waals surface area contributed by atoms with Crippen LogP contribution in [-0.4, -0.2) is 12.9 Å². The normalized spacial score (nSPS) is 26.6. The largest absolute Gasteiger partial charge is 0.464 e. The smallest absolute Gasteiger partial charge is 0.205 e. The lowest BCUT2D eigenvalue weighted by molar-refractivity contribution is -0.0748. The van der Waals surface area contributed by atoms with Crippen molar-refractivity contribution < 1.29 is 9.47 Å². The number of halogens is 1. The van der Waals surface area contributed by atoms with E-state index in [4.69, 9.17) is 9.47 Å². The Kier molecular flexibility index (Phi) is 3.36. The summed E-state index contributed by atoms with van der Waals surface area (Å²) in [4.78, 5) is 0. The molecule has 0 bridgehead atoms. The molecule has 4 rings (SSSR count). The third-order valence-electron chi connectivity index (χ3n) is 4.16. The highest BCUT2D eigenvalue weighted by atomic mass is 79.9. The van der Waals surface area contributed by atoms with Crippen LogP contribution < -0.4 is 10.1 Å². The van der Waals surface area contributed by atoms with Crippen molar-refractivity contribution in [1.29, 1.82) is 0 Å². The summed E-state index contributed by atoms with van der Waals surface area (Å²) in [6, 6.07) is 16.7. The van der Waals surface area contributed by atoms with E-state index >= 15 is 0 Å². The molecule has 0 radical (unpaired) electrons. The van der Waals surface area contributed by atoms with Gasteiger partial charge in [-0.15, -0.1) is 0 Å². The third kappa shape index (κ3) is 2.43. The Balaban J connectivity index is 1.74. The second-order valence-corrected chi connectivity index (χ2v) is 6.40. The molecule has 0 aromatic heterocycles. The molecule has 1 fully saturated rings. The minimum atomic E-state index is -0.139. The van der Waals surface area contributed by atoms with Crippen LogP contribution in [-0.2, 0) is 4.74 Å². The van der Waals surface area contributed by atoms with Gasteiger partial charge in [-0.05, 0) is 36.8 Å². The van der Waals surface area contributed by atoms with E-state index in [9.17, 15) is 0 Å². The zero-order chi connectivity index (χ0) is 14.2. The van der Waals surface area contributed by atoms with Crippen molar-refractivity contribution in [3.63, 3.8) is 0 Å². The van der Waals surface area contributed by atoms with Gasteiger partial charge in [0.05, 0.1) is 12.6 Å². The second kappa shape index (κ2) is 5.35. The van der Waals surface area contributed by atoms with Gasteiger partial charge in [-0.3, -0.25) is 0 Å². The number of benzene rings is 2. The van der Waals surface area contributed by atoms with Gasteiger partial charge in [0.25, 0.3) is 0 Å². The van der Waals surface area contributed by atoms with E-state index in [0.29, 0.717) is 5.92 Å². The third-order valence-corrected chi connectivity index (χ3v) is 4.65. The molecule has 3 atom stereocenters. The van der Waals surface area contributed by atoms with Crippen molar-refractivity contribution in [1.82, 2.24) is 0 Å². The second-order valence-electron chi connectivity index (χ2n) is 5.48. The van der Waals surface area contributed by atoms with Gasteiger partial charge < -0.3 is 14.8 Å². The van der Waals surface area contributed by atoms with E-state index in [1.807, 2.05) is 30.3 Å². The lowest BCUT2D eigenvalue weighted by Gasteiger charge is -2.36. The highest BCUT2D eigenvalue weighted by molar-refractivity contribution is 9.10. The number of para-hydroxylation sites is 1. The first kappa shape index (κ1) is 13.2. The molecule has 2 aromatic carbocycles. The summed E-state index contributed by atoms with van der Waals surface area (Å²) in [5, 5.41) is 3.65. The molecule has 4 heteroatoms. The Morgan fingerprint density at radius 3 is 2.81 bits per heavy atom. The quantitative estimate of drug-likeness (QED) is 0.877. The molecule has 1 saturated heterocycles. The molecule has 2 heterocycles. The molecule has 1 N–H and O–H groups in total. The van der Waals surface area contributed by atoms with E-state index in [1.165, 1.54) is 5.56 Å². The van der Waals surface area contributed by atoms with Gasteiger partial charge in [0.1, 0.15) is 5.75 Å². The maximum atomic E-state index is 6.00. The van der Waals surface area contributed by atoms with E-state index in [1.54, 1.807) is 0 Å². The van der Waals surface area contributed by atoms with Crippen molar-refractivity contribution in [3.05, 3.63) is 58.6 Å². The first-order valence-corrected chi connectivity index (χ1v) is 8.00. The van der Waals surface area contributed by atoms with Crippen molar-refractivity contribution in [2.24, 2.45) is 5.92 Å². The summed E-state index contributed by atoms with van der Waals surface area (Å²) < 4.78 is 12.8. The maximum Gasteiger partial charge on any atom is 0.205 e. The van der Waals surface area contributed by atoms with E-state index < -0.39 is 0 Å². The average molecular weight is 346 g/mol. The SMILES string of the molecule is Brc1ccc2c(c1)[C@@H](Nc1ccccc1)[C@H]1CCO[C@H]1O2. The van der Waals surface area contributed by atoms with Crippen LogP contribution in [0.1, 0.15) is 18.0 Å². The highest BCUT2D eigenvalue weighted by Crippen LogP contribution is 2.45. The number of rotatable bonds is 2. The molecular weight excluding hydrogens is 330 g/mol. The van der Waals surface area contributed by atoms with Gasteiger partial charge in [0.2, 0.25) is 6.29 Å². The summed E-state index contributed by atoms with van der Waals surface area (Å²) in [5.41, 5.74) is 2.32. The van der Waals surface area contributed by atoms with Crippen molar-refractivity contribution in [3.8, 4) is 5.75 Å². The summed E-state index contributed by atoms with van der Waals surface area (Å²) in [6.07, 6.45) is 0.876. The van der Waals surface area contributed by atoms with Crippen LogP contribution in [0.25, 0.3) is 0 Å². The van der Waals surface area contributed by atoms with Gasteiger partial charge in [-0.25, -0.2) is 0 Å². The number of fused-ring (bicyclic) bond motifs is 2. The monoisotopic (exact) mass is 345 g/mol. The van der Waals surface area contributed by atoms with Crippen LogP contribution in [0, 0.1) is 5.92 Å². The van der Waals surface area contributed by atoms with Crippen molar-refractivity contribution >= 4 is 21.6 Å². The van der Waals surface area contributed by atoms with Crippen LogP contribution >= 0.6 is 15.9 Å². The van der Waals surface area contributed by atoms with Crippen LogP contribution in [0.5, 0.6) is 5.75 Å². The average Bonchev–Trinajstić information content (AvgIpc) is 2.97. The minimum Gasteiger partial charge on any atom is -0.464 e. The number of anilines is 1. The molecule has 2 aromatic rings. The molecule has 2 aliphatic heterocycles. The molecule has 2 aliphatic rings. The Labute approximate surface area is 132 Å². The molecule has 108 valence electrons. The fourth-order valence-corrected chi connectivity index (χ4v) is 3.53. The van der Waals surface area contributed by atoms with Gasteiger partial charge in [-0.1, -0.05) is 34.1 Å². The van der Waals surface area contributed by atoms with E-state index in [0.717, 1.165) is 28.9 Å². The molecule has 0 amide bonds.